The van der Waals surface area contributed by atoms with Gasteiger partial charge in [0.25, 0.3) is 0 Å². The molecule has 2 fully saturated rings. The minimum atomic E-state index is 0.0502. The van der Waals surface area contributed by atoms with E-state index >= 15 is 0 Å². The maximum absolute atomic E-state index is 8.66. The van der Waals surface area contributed by atoms with E-state index < -0.39 is 0 Å². The van der Waals surface area contributed by atoms with Crippen molar-refractivity contribution in [2.75, 3.05) is 31.1 Å². The molecule has 2 aliphatic heterocycles. The standard InChI is InChI=1S/C15H23N5O/c16-15(18-21)14-5-4-12(10-17-14)20-9-6-13(11-20)19-7-2-1-3-8-19/h4-5,10,13,21H,1-3,6-9,11H2,(H2,16,18). The zero-order valence-electron chi connectivity index (χ0n) is 12.3. The number of nitrogens with zero attached hydrogens (tertiary/aromatic N) is 4. The second-order valence-electron chi connectivity index (χ2n) is 5.87. The summed E-state index contributed by atoms with van der Waals surface area (Å²) in [5, 5.41) is 11.6. The molecule has 2 aliphatic rings. The lowest BCUT2D eigenvalue weighted by atomic mass is 10.1. The Morgan fingerprint density at radius 3 is 2.71 bits per heavy atom. The first kappa shape index (κ1) is 14.1. The largest absolute Gasteiger partial charge is 0.409 e. The highest BCUT2D eigenvalue weighted by atomic mass is 16.4. The highest BCUT2D eigenvalue weighted by Crippen LogP contribution is 2.24. The molecule has 3 heterocycles. The molecular weight excluding hydrogens is 266 g/mol. The number of hydrogen-bond acceptors (Lipinski definition) is 5. The molecule has 21 heavy (non-hydrogen) atoms. The van der Waals surface area contributed by atoms with Gasteiger partial charge in [0.1, 0.15) is 5.69 Å². The number of nitrogens with two attached hydrogens (primary N) is 1. The van der Waals surface area contributed by atoms with Crippen molar-refractivity contribution in [2.24, 2.45) is 10.9 Å². The number of aromatic nitrogens is 1. The van der Waals surface area contributed by atoms with Gasteiger partial charge in [-0.1, -0.05) is 11.6 Å². The van der Waals surface area contributed by atoms with Gasteiger partial charge in [0.05, 0.1) is 11.9 Å². The molecule has 0 amide bonds. The van der Waals surface area contributed by atoms with E-state index in [-0.39, 0.29) is 5.84 Å². The molecule has 6 heteroatoms. The molecule has 6 nitrogen and oxygen atoms in total. The second-order valence-corrected chi connectivity index (χ2v) is 5.87. The number of oxime groups is 1. The lowest BCUT2D eigenvalue weighted by Gasteiger charge is -2.32. The van der Waals surface area contributed by atoms with Crippen LogP contribution in [0.3, 0.4) is 0 Å². The van der Waals surface area contributed by atoms with Crippen molar-refractivity contribution >= 4 is 11.5 Å². The van der Waals surface area contributed by atoms with Crippen LogP contribution in [0.25, 0.3) is 0 Å². The molecule has 3 N–H and O–H groups in total. The molecule has 1 unspecified atom stereocenters. The van der Waals surface area contributed by atoms with Crippen LogP contribution in [0, 0.1) is 0 Å². The fourth-order valence-corrected chi connectivity index (χ4v) is 3.33. The number of pyridine rings is 1. The lowest BCUT2D eigenvalue weighted by molar-refractivity contribution is 0.175. The van der Waals surface area contributed by atoms with Gasteiger partial charge >= 0.3 is 0 Å². The number of anilines is 1. The van der Waals surface area contributed by atoms with Crippen LogP contribution in [0.15, 0.2) is 23.5 Å². The molecule has 1 atom stereocenters. The molecule has 2 saturated heterocycles. The molecule has 1 aromatic rings. The van der Waals surface area contributed by atoms with Crippen LogP contribution >= 0.6 is 0 Å². The third-order valence-corrected chi connectivity index (χ3v) is 4.55. The molecule has 0 spiro atoms. The van der Waals surface area contributed by atoms with Crippen LogP contribution < -0.4 is 10.6 Å². The minimum Gasteiger partial charge on any atom is -0.409 e. The second kappa shape index (κ2) is 6.30. The minimum absolute atomic E-state index is 0.0502. The van der Waals surface area contributed by atoms with Gasteiger partial charge in [-0.2, -0.15) is 0 Å². The first-order chi connectivity index (χ1) is 10.3. The highest BCUT2D eigenvalue weighted by molar-refractivity contribution is 5.95. The smallest absolute Gasteiger partial charge is 0.188 e. The molecule has 0 aromatic carbocycles. The number of likely N-dealkylation sites (tertiary alicyclic amines) is 1. The van der Waals surface area contributed by atoms with Crippen LogP contribution in [0.4, 0.5) is 5.69 Å². The summed E-state index contributed by atoms with van der Waals surface area (Å²) in [4.78, 5) is 9.28. The van der Waals surface area contributed by atoms with Crippen LogP contribution in [-0.4, -0.2) is 53.1 Å². The van der Waals surface area contributed by atoms with Crippen molar-refractivity contribution < 1.29 is 5.21 Å². The fraction of sp³-hybridized carbons (Fsp3) is 0.600. The molecule has 0 bridgehead atoms. The Morgan fingerprint density at radius 2 is 2.05 bits per heavy atom. The van der Waals surface area contributed by atoms with Gasteiger partial charge in [0.2, 0.25) is 0 Å². The monoisotopic (exact) mass is 289 g/mol. The van der Waals surface area contributed by atoms with Crippen LogP contribution in [0.1, 0.15) is 31.4 Å². The normalized spacial score (nSPS) is 24.5. The summed E-state index contributed by atoms with van der Waals surface area (Å²) < 4.78 is 0. The quantitative estimate of drug-likeness (QED) is 0.379. The van der Waals surface area contributed by atoms with E-state index in [1.165, 1.54) is 38.8 Å². The first-order valence-electron chi connectivity index (χ1n) is 7.71. The first-order valence-corrected chi connectivity index (χ1v) is 7.71. The van der Waals surface area contributed by atoms with Crippen molar-refractivity contribution in [3.63, 3.8) is 0 Å². The molecule has 1 aromatic heterocycles. The van der Waals surface area contributed by atoms with Gasteiger partial charge < -0.3 is 15.8 Å². The van der Waals surface area contributed by atoms with Crippen molar-refractivity contribution in [1.29, 1.82) is 0 Å². The van der Waals surface area contributed by atoms with E-state index in [4.69, 9.17) is 10.9 Å². The zero-order valence-corrected chi connectivity index (χ0v) is 12.3. The zero-order chi connectivity index (χ0) is 14.7. The molecule has 3 rings (SSSR count). The van der Waals surface area contributed by atoms with Crippen LogP contribution in [0.5, 0.6) is 0 Å². The topological polar surface area (TPSA) is 78.0 Å². The van der Waals surface area contributed by atoms with Crippen LogP contribution in [0.2, 0.25) is 0 Å². The van der Waals surface area contributed by atoms with E-state index in [0.29, 0.717) is 11.7 Å². The summed E-state index contributed by atoms with van der Waals surface area (Å²) in [5.74, 6) is 0.0502. The average Bonchev–Trinajstić information content (AvgIpc) is 3.05. The molecule has 114 valence electrons. The Bertz CT molecular complexity index is 495. The SMILES string of the molecule is N/C(=N/O)c1ccc(N2CCC(N3CCCCC3)C2)cn1. The fourth-order valence-electron chi connectivity index (χ4n) is 3.33. The van der Waals surface area contributed by atoms with Gasteiger partial charge in [-0.15, -0.1) is 0 Å². The maximum Gasteiger partial charge on any atom is 0.188 e. The van der Waals surface area contributed by atoms with E-state index in [1.54, 1.807) is 6.07 Å². The van der Waals surface area contributed by atoms with E-state index in [0.717, 1.165) is 18.8 Å². The van der Waals surface area contributed by atoms with E-state index in [2.05, 4.69) is 19.9 Å². The summed E-state index contributed by atoms with van der Waals surface area (Å²) >= 11 is 0. The van der Waals surface area contributed by atoms with Crippen molar-refractivity contribution in [3.05, 3.63) is 24.0 Å². The molecule has 0 aliphatic carbocycles. The third kappa shape index (κ3) is 3.10. The van der Waals surface area contributed by atoms with Crippen LogP contribution in [-0.2, 0) is 0 Å². The number of amidine groups is 1. The Morgan fingerprint density at radius 1 is 1.24 bits per heavy atom. The molecular formula is C15H23N5O. The van der Waals surface area contributed by atoms with Gasteiger partial charge in [-0.3, -0.25) is 9.88 Å². The van der Waals surface area contributed by atoms with Gasteiger partial charge in [-0.05, 0) is 44.5 Å². The van der Waals surface area contributed by atoms with Gasteiger partial charge in [0.15, 0.2) is 5.84 Å². The summed E-state index contributed by atoms with van der Waals surface area (Å²) in [6, 6.07) is 4.48. The number of piperidine rings is 1. The number of rotatable bonds is 3. The summed E-state index contributed by atoms with van der Waals surface area (Å²) in [5.41, 5.74) is 7.16. The lowest BCUT2D eigenvalue weighted by Crippen LogP contribution is -2.40. The highest BCUT2D eigenvalue weighted by Gasteiger charge is 2.28. The predicted octanol–water partition coefficient (Wildman–Crippen LogP) is 1.24. The average molecular weight is 289 g/mol. The van der Waals surface area contributed by atoms with Gasteiger partial charge in [-0.25, -0.2) is 0 Å². The predicted molar refractivity (Wildman–Crippen MR) is 82.8 cm³/mol. The van der Waals surface area contributed by atoms with Gasteiger partial charge in [0, 0.05) is 19.1 Å². The summed E-state index contributed by atoms with van der Waals surface area (Å²) in [6.45, 7) is 4.65. The number of hydrogen-bond donors (Lipinski definition) is 2. The third-order valence-electron chi connectivity index (χ3n) is 4.55. The Balaban J connectivity index is 1.63. The van der Waals surface area contributed by atoms with E-state index in [9.17, 15) is 0 Å². The van der Waals surface area contributed by atoms with Crippen molar-refractivity contribution in [1.82, 2.24) is 9.88 Å². The van der Waals surface area contributed by atoms with Crippen molar-refractivity contribution in [2.45, 2.75) is 31.7 Å². The Hall–Kier alpha value is -1.82. The summed E-state index contributed by atoms with van der Waals surface area (Å²) in [7, 11) is 0. The maximum atomic E-state index is 8.66. The Labute approximate surface area is 125 Å². The summed E-state index contributed by atoms with van der Waals surface area (Å²) in [6.07, 6.45) is 7.10. The van der Waals surface area contributed by atoms with Crippen molar-refractivity contribution in [3.8, 4) is 0 Å². The molecule has 0 saturated carbocycles. The molecule has 0 radical (unpaired) electrons. The van der Waals surface area contributed by atoms with E-state index in [1.807, 2.05) is 12.3 Å². The Kier molecular flexibility index (Phi) is 4.24.